The number of ether oxygens (including phenoxy) is 1. The van der Waals surface area contributed by atoms with E-state index in [-0.39, 0.29) is 23.9 Å². The Morgan fingerprint density at radius 1 is 1.11 bits per heavy atom. The summed E-state index contributed by atoms with van der Waals surface area (Å²) in [6.07, 6.45) is 2.13. The minimum Gasteiger partial charge on any atom is -0.450 e. The molecule has 2 rings (SSSR count). The fourth-order valence-electron chi connectivity index (χ4n) is 3.38. The van der Waals surface area contributed by atoms with Crippen LogP contribution in [0.25, 0.3) is 0 Å². The van der Waals surface area contributed by atoms with E-state index in [1.54, 1.807) is 11.8 Å². The molecule has 7 heteroatoms. The summed E-state index contributed by atoms with van der Waals surface area (Å²) in [5, 5.41) is 5.88. The Morgan fingerprint density at radius 3 is 2.36 bits per heavy atom. The Labute approximate surface area is 166 Å². The summed E-state index contributed by atoms with van der Waals surface area (Å²) in [5.74, 6) is -0.131. The van der Waals surface area contributed by atoms with Crippen molar-refractivity contribution in [1.82, 2.24) is 15.5 Å². The first-order chi connectivity index (χ1) is 13.4. The molecule has 1 saturated heterocycles. The number of amides is 3. The van der Waals surface area contributed by atoms with E-state index in [0.717, 1.165) is 24.0 Å². The predicted molar refractivity (Wildman–Crippen MR) is 107 cm³/mol. The molecular formula is C21H31N3O4. The zero-order valence-electron chi connectivity index (χ0n) is 17.0. The molecule has 1 aromatic carbocycles. The molecule has 0 spiro atoms. The van der Waals surface area contributed by atoms with Gasteiger partial charge in [-0.15, -0.1) is 0 Å². The highest BCUT2D eigenvalue weighted by atomic mass is 16.6. The molecule has 0 bridgehead atoms. The van der Waals surface area contributed by atoms with E-state index in [0.29, 0.717) is 44.6 Å². The van der Waals surface area contributed by atoms with Crippen LogP contribution >= 0.6 is 0 Å². The Morgan fingerprint density at radius 2 is 1.75 bits per heavy atom. The first-order valence-corrected chi connectivity index (χ1v) is 9.96. The van der Waals surface area contributed by atoms with E-state index in [1.165, 1.54) is 0 Å². The molecule has 0 aliphatic carbocycles. The second-order valence-electron chi connectivity index (χ2n) is 7.26. The van der Waals surface area contributed by atoms with E-state index in [1.807, 2.05) is 32.0 Å². The molecule has 0 unspecified atom stereocenters. The second-order valence-corrected chi connectivity index (χ2v) is 7.26. The van der Waals surface area contributed by atoms with Gasteiger partial charge in [-0.05, 0) is 52.2 Å². The number of nitrogens with zero attached hydrogens (tertiary/aromatic N) is 1. The number of piperidine rings is 1. The molecule has 0 radical (unpaired) electrons. The highest BCUT2D eigenvalue weighted by Crippen LogP contribution is 2.12. The number of rotatable bonds is 7. The fourth-order valence-corrected chi connectivity index (χ4v) is 3.38. The smallest absolute Gasteiger partial charge is 0.409 e. The summed E-state index contributed by atoms with van der Waals surface area (Å²) in [5.41, 5.74) is 2.76. The van der Waals surface area contributed by atoms with Crippen molar-refractivity contribution < 1.29 is 19.1 Å². The lowest BCUT2D eigenvalue weighted by molar-refractivity contribution is -0.122. The summed E-state index contributed by atoms with van der Waals surface area (Å²) < 4.78 is 4.99. The number of hydrogen-bond acceptors (Lipinski definition) is 4. The fraction of sp³-hybridized carbons (Fsp3) is 0.571. The van der Waals surface area contributed by atoms with Gasteiger partial charge >= 0.3 is 6.09 Å². The summed E-state index contributed by atoms with van der Waals surface area (Å²) >= 11 is 0. The second kappa shape index (κ2) is 10.7. The molecule has 1 aliphatic rings. The normalized spacial score (nSPS) is 14.5. The Hall–Kier alpha value is -2.57. The number of benzene rings is 1. The highest BCUT2D eigenvalue weighted by molar-refractivity contribution is 5.94. The molecule has 2 N–H and O–H groups in total. The highest BCUT2D eigenvalue weighted by Gasteiger charge is 2.24. The van der Waals surface area contributed by atoms with Crippen molar-refractivity contribution in [2.24, 2.45) is 0 Å². The minimum absolute atomic E-state index is 0.0183. The average molecular weight is 389 g/mol. The zero-order valence-corrected chi connectivity index (χ0v) is 17.0. The quantitative estimate of drug-likeness (QED) is 0.702. The van der Waals surface area contributed by atoms with Crippen LogP contribution in [0.3, 0.4) is 0 Å². The standard InChI is InChI=1S/C21H31N3O4/c1-4-28-21(27)24-10-7-18(8-11-24)23-19(25)6-5-9-22-20(26)17-13-15(2)12-16(3)14-17/h12-14,18H,4-11H2,1-3H3,(H,22,26)(H,23,25). The van der Waals surface area contributed by atoms with Gasteiger partial charge in [0, 0.05) is 37.7 Å². The van der Waals surface area contributed by atoms with Crippen LogP contribution in [0.2, 0.25) is 0 Å². The van der Waals surface area contributed by atoms with Crippen molar-refractivity contribution in [1.29, 1.82) is 0 Å². The van der Waals surface area contributed by atoms with Crippen molar-refractivity contribution in [2.45, 2.75) is 52.5 Å². The molecule has 154 valence electrons. The predicted octanol–water partition coefficient (Wildman–Crippen LogP) is 2.55. The number of aryl methyl sites for hydroxylation is 2. The van der Waals surface area contributed by atoms with Gasteiger partial charge in [0.2, 0.25) is 5.91 Å². The Bertz CT molecular complexity index is 677. The van der Waals surface area contributed by atoms with Crippen LogP contribution in [-0.2, 0) is 9.53 Å². The number of nitrogens with one attached hydrogen (secondary N) is 2. The average Bonchev–Trinajstić information content (AvgIpc) is 2.65. The van der Waals surface area contributed by atoms with Crippen LogP contribution < -0.4 is 10.6 Å². The van der Waals surface area contributed by atoms with Crippen LogP contribution in [-0.4, -0.2) is 55.1 Å². The van der Waals surface area contributed by atoms with E-state index in [2.05, 4.69) is 10.6 Å². The lowest BCUT2D eigenvalue weighted by Crippen LogP contribution is -2.46. The molecule has 0 saturated carbocycles. The summed E-state index contributed by atoms with van der Waals surface area (Å²) in [4.78, 5) is 37.6. The SMILES string of the molecule is CCOC(=O)N1CCC(NC(=O)CCCNC(=O)c2cc(C)cc(C)c2)CC1. The zero-order chi connectivity index (χ0) is 20.5. The first kappa shape index (κ1) is 21.7. The van der Waals surface area contributed by atoms with E-state index < -0.39 is 0 Å². The van der Waals surface area contributed by atoms with Gasteiger partial charge < -0.3 is 20.3 Å². The molecule has 0 atom stereocenters. The van der Waals surface area contributed by atoms with Gasteiger partial charge in [-0.1, -0.05) is 17.2 Å². The number of likely N-dealkylation sites (tertiary alicyclic amines) is 1. The van der Waals surface area contributed by atoms with Crippen LogP contribution in [0, 0.1) is 13.8 Å². The molecule has 1 aromatic rings. The summed E-state index contributed by atoms with van der Waals surface area (Å²) in [6, 6.07) is 5.83. The molecule has 0 aromatic heterocycles. The van der Waals surface area contributed by atoms with Crippen molar-refractivity contribution in [3.8, 4) is 0 Å². The lowest BCUT2D eigenvalue weighted by Gasteiger charge is -2.31. The Kier molecular flexibility index (Phi) is 8.29. The van der Waals surface area contributed by atoms with Crippen molar-refractivity contribution in [3.63, 3.8) is 0 Å². The molecule has 1 heterocycles. The maximum atomic E-state index is 12.2. The van der Waals surface area contributed by atoms with Gasteiger partial charge in [-0.3, -0.25) is 9.59 Å². The molecule has 1 fully saturated rings. The summed E-state index contributed by atoms with van der Waals surface area (Å²) in [6.45, 7) is 7.73. The summed E-state index contributed by atoms with van der Waals surface area (Å²) in [7, 11) is 0. The lowest BCUT2D eigenvalue weighted by atomic mass is 10.1. The maximum absolute atomic E-state index is 12.2. The van der Waals surface area contributed by atoms with Gasteiger partial charge in [-0.2, -0.15) is 0 Å². The van der Waals surface area contributed by atoms with Gasteiger partial charge in [0.05, 0.1) is 6.61 Å². The van der Waals surface area contributed by atoms with Gasteiger partial charge in [0.15, 0.2) is 0 Å². The third-order valence-electron chi connectivity index (χ3n) is 4.74. The van der Waals surface area contributed by atoms with Gasteiger partial charge in [-0.25, -0.2) is 4.79 Å². The van der Waals surface area contributed by atoms with Gasteiger partial charge in [0.1, 0.15) is 0 Å². The largest absolute Gasteiger partial charge is 0.450 e. The Balaban J connectivity index is 1.63. The van der Waals surface area contributed by atoms with Crippen molar-refractivity contribution in [2.75, 3.05) is 26.2 Å². The van der Waals surface area contributed by atoms with Crippen molar-refractivity contribution in [3.05, 3.63) is 34.9 Å². The minimum atomic E-state index is -0.285. The molecule has 1 aliphatic heterocycles. The molecule has 7 nitrogen and oxygen atoms in total. The van der Waals surface area contributed by atoms with Crippen molar-refractivity contribution >= 4 is 17.9 Å². The van der Waals surface area contributed by atoms with E-state index in [4.69, 9.17) is 4.74 Å². The maximum Gasteiger partial charge on any atom is 0.409 e. The molecule has 28 heavy (non-hydrogen) atoms. The van der Waals surface area contributed by atoms with E-state index in [9.17, 15) is 14.4 Å². The first-order valence-electron chi connectivity index (χ1n) is 9.96. The third kappa shape index (κ3) is 6.87. The monoisotopic (exact) mass is 389 g/mol. The van der Waals surface area contributed by atoms with Crippen LogP contribution in [0.5, 0.6) is 0 Å². The van der Waals surface area contributed by atoms with Crippen LogP contribution in [0.15, 0.2) is 18.2 Å². The molecule has 3 amide bonds. The third-order valence-corrected chi connectivity index (χ3v) is 4.74. The van der Waals surface area contributed by atoms with Crippen LogP contribution in [0.4, 0.5) is 4.79 Å². The number of hydrogen-bond donors (Lipinski definition) is 2. The topological polar surface area (TPSA) is 87.7 Å². The van der Waals surface area contributed by atoms with E-state index >= 15 is 0 Å². The number of carbonyl (C=O) groups excluding carboxylic acids is 3. The number of carbonyl (C=O) groups is 3. The van der Waals surface area contributed by atoms with Crippen LogP contribution in [0.1, 0.15) is 54.1 Å². The van der Waals surface area contributed by atoms with Gasteiger partial charge in [0.25, 0.3) is 5.91 Å². The molecular weight excluding hydrogens is 358 g/mol.